The Balaban J connectivity index is 0.000000220. The fourth-order valence-electron chi connectivity index (χ4n) is 2.30. The summed E-state index contributed by atoms with van der Waals surface area (Å²) in [5, 5.41) is 0. The maximum atomic E-state index is 5.20. The Morgan fingerprint density at radius 2 is 1.50 bits per heavy atom. The monoisotopic (exact) mass is 300 g/mol. The highest BCUT2D eigenvalue weighted by Crippen LogP contribution is 2.18. The molecule has 2 aromatic rings. The van der Waals surface area contributed by atoms with Crippen LogP contribution in [0.2, 0.25) is 0 Å². The molecule has 0 fully saturated rings. The summed E-state index contributed by atoms with van der Waals surface area (Å²) in [5.74, 6) is 1.96. The van der Waals surface area contributed by atoms with Crippen LogP contribution in [0.5, 0.6) is 11.5 Å². The van der Waals surface area contributed by atoms with Gasteiger partial charge in [0, 0.05) is 0 Å². The molecular formula is C20H28O2. The molecule has 2 aromatic carbocycles. The van der Waals surface area contributed by atoms with Crippen LogP contribution in [0.15, 0.2) is 48.5 Å². The number of rotatable bonds is 6. The van der Waals surface area contributed by atoms with Crippen LogP contribution in [0.25, 0.3) is 0 Å². The quantitative estimate of drug-likeness (QED) is 0.721. The molecule has 2 rings (SSSR count). The van der Waals surface area contributed by atoms with E-state index in [1.165, 1.54) is 24.0 Å². The number of para-hydroxylation sites is 1. The van der Waals surface area contributed by atoms with Gasteiger partial charge < -0.3 is 9.47 Å². The van der Waals surface area contributed by atoms with Gasteiger partial charge in [0.2, 0.25) is 0 Å². The predicted molar refractivity (Wildman–Crippen MR) is 94.0 cm³/mol. The molecule has 0 aliphatic rings. The van der Waals surface area contributed by atoms with Crippen LogP contribution in [0.4, 0.5) is 0 Å². The van der Waals surface area contributed by atoms with Crippen molar-refractivity contribution in [2.24, 2.45) is 0 Å². The first kappa shape index (κ1) is 18.1. The van der Waals surface area contributed by atoms with E-state index in [0.29, 0.717) is 0 Å². The van der Waals surface area contributed by atoms with Crippen LogP contribution in [-0.4, -0.2) is 14.2 Å². The Morgan fingerprint density at radius 3 is 2.14 bits per heavy atom. The van der Waals surface area contributed by atoms with Gasteiger partial charge in [0.1, 0.15) is 11.5 Å². The Hall–Kier alpha value is -1.96. The summed E-state index contributed by atoms with van der Waals surface area (Å²) < 4.78 is 10.3. The molecule has 0 aliphatic carbocycles. The molecule has 0 radical (unpaired) electrons. The molecule has 0 saturated heterocycles. The molecule has 0 atom stereocenters. The minimum atomic E-state index is 0.955. The van der Waals surface area contributed by atoms with Crippen molar-refractivity contribution in [3.05, 3.63) is 59.7 Å². The molecule has 0 unspecified atom stereocenters. The van der Waals surface area contributed by atoms with Crippen molar-refractivity contribution >= 4 is 0 Å². The van der Waals surface area contributed by atoms with Crippen LogP contribution in [0, 0.1) is 0 Å². The van der Waals surface area contributed by atoms with Gasteiger partial charge in [-0.2, -0.15) is 0 Å². The largest absolute Gasteiger partial charge is 0.497 e. The number of methoxy groups -OCH3 is 2. The Kier molecular flexibility index (Phi) is 8.82. The average molecular weight is 300 g/mol. The molecule has 0 heterocycles. The van der Waals surface area contributed by atoms with Gasteiger partial charge in [0.05, 0.1) is 14.2 Å². The topological polar surface area (TPSA) is 18.5 Å². The standard InChI is InChI=1S/2C10H14O/c1-3-6-9-7-4-5-8-10(9)11-2;1-3-5-9-6-4-7-10(8-9)11-2/h4-5,7-8H,3,6H2,1-2H3;4,6-8H,3,5H2,1-2H3. The molecule has 2 heteroatoms. The first-order valence-electron chi connectivity index (χ1n) is 7.99. The SMILES string of the molecule is CCCc1cccc(OC)c1.CCCc1ccccc1OC. The zero-order valence-corrected chi connectivity index (χ0v) is 14.3. The van der Waals surface area contributed by atoms with Gasteiger partial charge in [-0.15, -0.1) is 0 Å². The smallest absolute Gasteiger partial charge is 0.122 e. The molecule has 2 nitrogen and oxygen atoms in total. The summed E-state index contributed by atoms with van der Waals surface area (Å²) in [6, 6.07) is 16.4. The van der Waals surface area contributed by atoms with Gasteiger partial charge in [-0.05, 0) is 42.2 Å². The summed E-state index contributed by atoms with van der Waals surface area (Å²) in [6.45, 7) is 4.35. The first-order chi connectivity index (χ1) is 10.7. The van der Waals surface area contributed by atoms with Crippen molar-refractivity contribution in [2.75, 3.05) is 14.2 Å². The second-order valence-electron chi connectivity index (χ2n) is 5.16. The van der Waals surface area contributed by atoms with E-state index in [9.17, 15) is 0 Å². The number of hydrogen-bond donors (Lipinski definition) is 0. The molecule has 22 heavy (non-hydrogen) atoms. The maximum Gasteiger partial charge on any atom is 0.122 e. The number of aryl methyl sites for hydroxylation is 2. The Morgan fingerprint density at radius 1 is 0.773 bits per heavy atom. The van der Waals surface area contributed by atoms with Gasteiger partial charge >= 0.3 is 0 Å². The summed E-state index contributed by atoms with van der Waals surface area (Å²) in [7, 11) is 3.42. The second kappa shape index (κ2) is 10.7. The van der Waals surface area contributed by atoms with Gasteiger partial charge in [0.15, 0.2) is 0 Å². The zero-order valence-electron chi connectivity index (χ0n) is 14.3. The summed E-state index contributed by atoms with van der Waals surface area (Å²) in [5.41, 5.74) is 2.66. The van der Waals surface area contributed by atoms with E-state index >= 15 is 0 Å². The normalized spacial score (nSPS) is 9.64. The molecule has 0 N–H and O–H groups in total. The van der Waals surface area contributed by atoms with Gasteiger partial charge in [-0.1, -0.05) is 57.0 Å². The van der Waals surface area contributed by atoms with Crippen LogP contribution < -0.4 is 9.47 Å². The molecular weight excluding hydrogens is 272 g/mol. The highest BCUT2D eigenvalue weighted by atomic mass is 16.5. The highest BCUT2D eigenvalue weighted by Gasteiger charge is 1.97. The highest BCUT2D eigenvalue weighted by molar-refractivity contribution is 5.33. The van der Waals surface area contributed by atoms with Gasteiger partial charge in [-0.25, -0.2) is 0 Å². The Bertz CT molecular complexity index is 535. The van der Waals surface area contributed by atoms with E-state index in [1.807, 2.05) is 30.3 Å². The lowest BCUT2D eigenvalue weighted by Gasteiger charge is -2.05. The Labute approximate surface area is 135 Å². The van der Waals surface area contributed by atoms with Crippen LogP contribution >= 0.6 is 0 Å². The maximum absolute atomic E-state index is 5.20. The average Bonchev–Trinajstić information content (AvgIpc) is 2.57. The van der Waals surface area contributed by atoms with E-state index in [0.717, 1.165) is 24.3 Å². The minimum absolute atomic E-state index is 0.955. The second-order valence-corrected chi connectivity index (χ2v) is 5.16. The van der Waals surface area contributed by atoms with Crippen molar-refractivity contribution in [1.29, 1.82) is 0 Å². The van der Waals surface area contributed by atoms with Crippen molar-refractivity contribution in [2.45, 2.75) is 39.5 Å². The first-order valence-corrected chi connectivity index (χ1v) is 7.99. The third-order valence-corrected chi connectivity index (χ3v) is 3.38. The van der Waals surface area contributed by atoms with Crippen molar-refractivity contribution < 1.29 is 9.47 Å². The predicted octanol–water partition coefficient (Wildman–Crippen LogP) is 5.30. The molecule has 0 spiro atoms. The van der Waals surface area contributed by atoms with E-state index in [4.69, 9.17) is 9.47 Å². The third-order valence-electron chi connectivity index (χ3n) is 3.38. The summed E-state index contributed by atoms with van der Waals surface area (Å²) >= 11 is 0. The minimum Gasteiger partial charge on any atom is -0.497 e. The zero-order chi connectivity index (χ0) is 16.2. The van der Waals surface area contributed by atoms with Crippen LogP contribution in [-0.2, 0) is 12.8 Å². The molecule has 0 aliphatic heterocycles. The lowest BCUT2D eigenvalue weighted by molar-refractivity contribution is 0.409. The van der Waals surface area contributed by atoms with Crippen molar-refractivity contribution in [3.63, 3.8) is 0 Å². The number of benzene rings is 2. The molecule has 0 aromatic heterocycles. The van der Waals surface area contributed by atoms with Crippen molar-refractivity contribution in [3.8, 4) is 11.5 Å². The van der Waals surface area contributed by atoms with Crippen molar-refractivity contribution in [1.82, 2.24) is 0 Å². The fourth-order valence-corrected chi connectivity index (χ4v) is 2.30. The number of ether oxygens (including phenoxy) is 2. The van der Waals surface area contributed by atoms with Gasteiger partial charge in [-0.3, -0.25) is 0 Å². The van der Waals surface area contributed by atoms with E-state index in [1.54, 1.807) is 14.2 Å². The van der Waals surface area contributed by atoms with Crippen LogP contribution in [0.3, 0.4) is 0 Å². The lowest BCUT2D eigenvalue weighted by atomic mass is 10.1. The molecule has 0 bridgehead atoms. The van der Waals surface area contributed by atoms with E-state index < -0.39 is 0 Å². The summed E-state index contributed by atoms with van der Waals surface area (Å²) in [6.07, 6.45) is 4.59. The summed E-state index contributed by atoms with van der Waals surface area (Å²) in [4.78, 5) is 0. The van der Waals surface area contributed by atoms with E-state index in [-0.39, 0.29) is 0 Å². The third kappa shape index (κ3) is 6.21. The number of hydrogen-bond acceptors (Lipinski definition) is 2. The lowest BCUT2D eigenvalue weighted by Crippen LogP contribution is -1.90. The molecule has 120 valence electrons. The molecule has 0 amide bonds. The van der Waals surface area contributed by atoms with Crippen LogP contribution in [0.1, 0.15) is 37.8 Å². The molecule has 0 saturated carbocycles. The fraction of sp³-hybridized carbons (Fsp3) is 0.400. The van der Waals surface area contributed by atoms with E-state index in [2.05, 4.69) is 32.0 Å². The van der Waals surface area contributed by atoms with Gasteiger partial charge in [0.25, 0.3) is 0 Å².